The number of anilines is 1. The molecule has 1 heterocycles. The monoisotopic (exact) mass is 225 g/mol. The Morgan fingerprint density at radius 3 is 2.94 bits per heavy atom. The highest BCUT2D eigenvalue weighted by Crippen LogP contribution is 2.22. The van der Waals surface area contributed by atoms with Gasteiger partial charge in [0.15, 0.2) is 0 Å². The van der Waals surface area contributed by atoms with Gasteiger partial charge in [0.05, 0.1) is 5.69 Å². The van der Waals surface area contributed by atoms with Crippen molar-refractivity contribution in [1.82, 2.24) is 5.32 Å². The van der Waals surface area contributed by atoms with Gasteiger partial charge in [0, 0.05) is 6.54 Å². The number of rotatable bonds is 2. The van der Waals surface area contributed by atoms with Crippen LogP contribution >= 0.6 is 0 Å². The van der Waals surface area contributed by atoms with Crippen LogP contribution in [-0.2, 0) is 13.0 Å². The lowest BCUT2D eigenvalue weighted by Crippen LogP contribution is -2.24. The predicted octanol–water partition coefficient (Wildman–Crippen LogP) is 1.15. The molecule has 1 aromatic carbocycles. The molecule has 0 spiro atoms. The van der Waals surface area contributed by atoms with Crippen molar-refractivity contribution in [1.29, 1.82) is 10.5 Å². The minimum atomic E-state index is -0.170. The smallest absolute Gasteiger partial charge is 0.237 e. The van der Waals surface area contributed by atoms with E-state index >= 15 is 0 Å². The van der Waals surface area contributed by atoms with Crippen molar-refractivity contribution in [3.05, 3.63) is 29.3 Å². The summed E-state index contributed by atoms with van der Waals surface area (Å²) in [7, 11) is 0. The van der Waals surface area contributed by atoms with E-state index in [2.05, 4.69) is 21.9 Å². The summed E-state index contributed by atoms with van der Waals surface area (Å²) in [4.78, 5) is 0. The Labute approximate surface area is 99.4 Å². The summed E-state index contributed by atoms with van der Waals surface area (Å²) in [5.74, 6) is 0. The van der Waals surface area contributed by atoms with Gasteiger partial charge in [-0.3, -0.25) is 5.43 Å². The first kappa shape index (κ1) is 11.1. The quantitative estimate of drug-likeness (QED) is 0.584. The van der Waals surface area contributed by atoms with Crippen LogP contribution in [0.5, 0.6) is 0 Å². The summed E-state index contributed by atoms with van der Waals surface area (Å²) in [6.07, 6.45) is 0.919. The third kappa shape index (κ3) is 2.41. The van der Waals surface area contributed by atoms with Gasteiger partial charge in [-0.1, -0.05) is 12.1 Å². The summed E-state index contributed by atoms with van der Waals surface area (Å²) in [6, 6.07) is 9.33. The molecule has 84 valence electrons. The number of benzene rings is 1. The van der Waals surface area contributed by atoms with Gasteiger partial charge in [-0.2, -0.15) is 15.6 Å². The van der Waals surface area contributed by atoms with Gasteiger partial charge in [-0.05, 0) is 30.2 Å². The second-order valence-electron chi connectivity index (χ2n) is 3.67. The molecule has 1 aromatic rings. The number of fused-ring (bicyclic) bond motifs is 1. The van der Waals surface area contributed by atoms with Crippen LogP contribution in [0.3, 0.4) is 0 Å². The van der Waals surface area contributed by atoms with Crippen LogP contribution in [0.1, 0.15) is 11.1 Å². The topological polar surface area (TPSA) is 84.0 Å². The zero-order valence-corrected chi connectivity index (χ0v) is 9.20. The summed E-state index contributed by atoms with van der Waals surface area (Å²) in [5.41, 5.74) is 5.92. The van der Waals surface area contributed by atoms with Gasteiger partial charge in [0.25, 0.3) is 0 Å². The molecule has 0 unspecified atom stereocenters. The van der Waals surface area contributed by atoms with Crippen molar-refractivity contribution in [2.24, 2.45) is 5.10 Å². The van der Waals surface area contributed by atoms with E-state index in [1.807, 2.05) is 12.1 Å². The molecule has 17 heavy (non-hydrogen) atoms. The Kier molecular flexibility index (Phi) is 3.34. The highest BCUT2D eigenvalue weighted by Gasteiger charge is 2.11. The molecule has 0 atom stereocenters. The number of hydrogen-bond donors (Lipinski definition) is 2. The lowest BCUT2D eigenvalue weighted by atomic mass is 9.99. The molecular weight excluding hydrogens is 214 g/mol. The number of hydrogen-bond acceptors (Lipinski definition) is 5. The summed E-state index contributed by atoms with van der Waals surface area (Å²) in [5, 5.41) is 24.2. The van der Waals surface area contributed by atoms with Crippen molar-refractivity contribution in [2.75, 3.05) is 12.0 Å². The van der Waals surface area contributed by atoms with Crippen molar-refractivity contribution in [2.45, 2.75) is 13.0 Å². The zero-order chi connectivity index (χ0) is 12.1. The summed E-state index contributed by atoms with van der Waals surface area (Å²) in [6.45, 7) is 1.77. The van der Waals surface area contributed by atoms with Gasteiger partial charge in [-0.15, -0.1) is 0 Å². The largest absolute Gasteiger partial charge is 0.312 e. The first-order valence-corrected chi connectivity index (χ1v) is 5.30. The number of nitriles is 2. The van der Waals surface area contributed by atoms with Crippen molar-refractivity contribution in [3.63, 3.8) is 0 Å². The van der Waals surface area contributed by atoms with Crippen LogP contribution in [0.4, 0.5) is 5.69 Å². The minimum Gasteiger partial charge on any atom is -0.312 e. The molecule has 0 aromatic heterocycles. The van der Waals surface area contributed by atoms with Crippen LogP contribution in [0.25, 0.3) is 0 Å². The van der Waals surface area contributed by atoms with Crippen LogP contribution < -0.4 is 10.7 Å². The molecule has 1 aliphatic heterocycles. The Balaban J connectivity index is 2.26. The molecule has 0 amide bonds. The SMILES string of the molecule is N#CC(C#N)=NNc1cccc2c1CCNC2. The van der Waals surface area contributed by atoms with E-state index in [1.54, 1.807) is 12.1 Å². The zero-order valence-electron chi connectivity index (χ0n) is 9.20. The van der Waals surface area contributed by atoms with E-state index in [9.17, 15) is 0 Å². The number of hydrazone groups is 1. The average molecular weight is 225 g/mol. The molecule has 0 saturated heterocycles. The molecule has 0 aliphatic carbocycles. The van der Waals surface area contributed by atoms with E-state index in [4.69, 9.17) is 10.5 Å². The third-order valence-corrected chi connectivity index (χ3v) is 2.64. The maximum atomic E-state index is 8.59. The lowest BCUT2D eigenvalue weighted by Gasteiger charge is -2.19. The van der Waals surface area contributed by atoms with Gasteiger partial charge >= 0.3 is 0 Å². The van der Waals surface area contributed by atoms with Crippen LogP contribution in [0, 0.1) is 22.7 Å². The fourth-order valence-corrected chi connectivity index (χ4v) is 1.83. The Bertz CT molecular complexity index is 517. The van der Waals surface area contributed by atoms with E-state index in [0.717, 1.165) is 25.2 Å². The fraction of sp³-hybridized carbons (Fsp3) is 0.250. The Morgan fingerprint density at radius 1 is 1.35 bits per heavy atom. The second-order valence-corrected chi connectivity index (χ2v) is 3.67. The molecule has 0 radical (unpaired) electrons. The summed E-state index contributed by atoms with van der Waals surface area (Å²) < 4.78 is 0. The number of nitrogens with zero attached hydrogens (tertiary/aromatic N) is 3. The minimum absolute atomic E-state index is 0.170. The van der Waals surface area contributed by atoms with Crippen LogP contribution in [0.15, 0.2) is 23.3 Å². The molecule has 0 fully saturated rings. The molecule has 5 nitrogen and oxygen atoms in total. The lowest BCUT2D eigenvalue weighted by molar-refractivity contribution is 0.644. The highest BCUT2D eigenvalue weighted by molar-refractivity contribution is 6.10. The second kappa shape index (κ2) is 5.11. The molecule has 2 rings (SSSR count). The van der Waals surface area contributed by atoms with Crippen LogP contribution in [0.2, 0.25) is 0 Å². The first-order valence-electron chi connectivity index (χ1n) is 5.30. The Morgan fingerprint density at radius 2 is 2.18 bits per heavy atom. The molecule has 5 heteroatoms. The summed E-state index contributed by atoms with van der Waals surface area (Å²) >= 11 is 0. The molecule has 0 bridgehead atoms. The van der Waals surface area contributed by atoms with E-state index in [1.165, 1.54) is 11.1 Å². The van der Waals surface area contributed by atoms with Gasteiger partial charge in [0.2, 0.25) is 5.71 Å². The highest BCUT2D eigenvalue weighted by atomic mass is 15.3. The van der Waals surface area contributed by atoms with Crippen LogP contribution in [-0.4, -0.2) is 12.3 Å². The van der Waals surface area contributed by atoms with Crippen molar-refractivity contribution < 1.29 is 0 Å². The molecule has 0 saturated carbocycles. The van der Waals surface area contributed by atoms with Gasteiger partial charge in [0.1, 0.15) is 12.1 Å². The van der Waals surface area contributed by atoms with E-state index in [0.29, 0.717) is 0 Å². The van der Waals surface area contributed by atoms with Gasteiger partial charge < -0.3 is 5.32 Å². The first-order chi connectivity index (χ1) is 8.35. The fourth-order valence-electron chi connectivity index (χ4n) is 1.83. The molecular formula is C12H11N5. The maximum Gasteiger partial charge on any atom is 0.237 e. The van der Waals surface area contributed by atoms with E-state index in [-0.39, 0.29) is 5.71 Å². The standard InChI is InChI=1S/C12H11N5/c13-6-10(7-14)16-17-12-3-1-2-9-8-15-5-4-11(9)12/h1-3,15,17H,4-5,8H2. The van der Waals surface area contributed by atoms with E-state index < -0.39 is 0 Å². The van der Waals surface area contributed by atoms with Crippen molar-refractivity contribution in [3.8, 4) is 12.1 Å². The number of nitrogens with one attached hydrogen (secondary N) is 2. The third-order valence-electron chi connectivity index (χ3n) is 2.64. The molecule has 2 N–H and O–H groups in total. The maximum absolute atomic E-state index is 8.59. The average Bonchev–Trinajstić information content (AvgIpc) is 2.40. The molecule has 1 aliphatic rings. The van der Waals surface area contributed by atoms with Crippen molar-refractivity contribution >= 4 is 11.4 Å². The predicted molar refractivity (Wildman–Crippen MR) is 64.1 cm³/mol. The van der Waals surface area contributed by atoms with Gasteiger partial charge in [-0.25, -0.2) is 0 Å². The Hall–Kier alpha value is -2.37. The normalized spacial score (nSPS) is 12.8.